The minimum Gasteiger partial charge on any atom is -0.763 e. The molecule has 2 unspecified atom stereocenters. The van der Waals surface area contributed by atoms with Crippen LogP contribution < -0.4 is 59.1 Å². The van der Waals surface area contributed by atoms with Gasteiger partial charge in [0.1, 0.15) is 0 Å². The fraction of sp³-hybridized carbons (Fsp3) is 0. The average Bonchev–Trinajstić information content (AvgIpc) is 1.36. The van der Waals surface area contributed by atoms with Gasteiger partial charge in [-0.05, 0) is 0 Å². The van der Waals surface area contributed by atoms with Gasteiger partial charge in [-0.1, -0.05) is 0 Å². The molecule has 0 aliphatic carbocycles. The summed E-state index contributed by atoms with van der Waals surface area (Å²) in [5.41, 5.74) is 0. The second-order valence-corrected chi connectivity index (χ2v) is 2.86. The summed E-state index contributed by atoms with van der Waals surface area (Å²) in [6.45, 7) is 0. The number of rotatable bonds is 1. The number of hydrogen-bond donors (Lipinski definition) is 0. The Balaban J connectivity index is -0.00000000347. The molecule has 15 heteroatoms. The maximum Gasteiger partial charge on any atom is 1.00 e. The second kappa shape index (κ2) is 56.4. The summed E-state index contributed by atoms with van der Waals surface area (Å²) in [5.74, 6) is 0. The molecule has 11 nitrogen and oxygen atoms in total. The Morgan fingerprint density at radius 3 is 0.600 bits per heavy atom. The van der Waals surface area contributed by atoms with Gasteiger partial charge in [0.2, 0.25) is 0 Å². The number of hydrogen-bond acceptors (Lipinski definition) is 4. The average molecular weight is 300 g/mol. The quantitative estimate of drug-likeness (QED) is 0.258. The molecule has 0 bridgehead atoms. The Hall–Kier alpha value is 1.94. The van der Waals surface area contributed by atoms with Crippen LogP contribution in [-0.4, -0.2) is 55.9 Å². The largest absolute Gasteiger partial charge is 1.00 e. The molecule has 0 spiro atoms. The van der Waals surface area contributed by atoms with Crippen molar-refractivity contribution in [3.05, 3.63) is 0 Å². The third-order valence-corrected chi connectivity index (χ3v) is 1.00. The zero-order valence-electron chi connectivity index (χ0n) is 7.95. The maximum absolute atomic E-state index is 9.09. The van der Waals surface area contributed by atoms with Gasteiger partial charge in [-0.15, -0.1) is 0 Å². The third kappa shape index (κ3) is 87.8. The monoisotopic (exact) mass is 300 g/mol. The van der Waals surface area contributed by atoms with E-state index in [2.05, 4.69) is 0 Å². The van der Waals surface area contributed by atoms with Crippen LogP contribution in [0.1, 0.15) is 0 Å². The van der Waals surface area contributed by atoms with Crippen molar-refractivity contribution in [2.24, 2.45) is 0 Å². The first-order valence-corrected chi connectivity index (χ1v) is 3.50. The molecule has 2 atom stereocenters. The van der Waals surface area contributed by atoms with Crippen LogP contribution in [0, 0.1) is 0 Å². The molecule has 0 aromatic rings. The summed E-state index contributed by atoms with van der Waals surface area (Å²) in [4.78, 5) is 0. The van der Waals surface area contributed by atoms with Crippen LogP contribution in [-0.2, 0) is 20.2 Å². The van der Waals surface area contributed by atoms with Crippen LogP contribution in [0.5, 0.6) is 0 Å². The Labute approximate surface area is 134 Å². The zero-order valence-corrected chi connectivity index (χ0v) is 13.6. The molecule has 14 N–H and O–H groups in total. The Bertz CT molecular complexity index is 82.6. The van der Waals surface area contributed by atoms with E-state index < -0.39 is 20.2 Å². The van der Waals surface area contributed by atoms with Crippen LogP contribution >= 0.6 is 0 Å². The van der Waals surface area contributed by atoms with E-state index in [1.807, 2.05) is 0 Å². The van der Waals surface area contributed by atoms with E-state index >= 15 is 0 Å². The first-order chi connectivity index (χ1) is 2.64. The first-order valence-electron chi connectivity index (χ1n) is 0.833. The van der Waals surface area contributed by atoms with Gasteiger partial charge in [0.25, 0.3) is 0 Å². The van der Waals surface area contributed by atoms with Crippen LogP contribution in [0.25, 0.3) is 0 Å². The molecule has 0 saturated heterocycles. The molecule has 0 fully saturated rings. The van der Waals surface area contributed by atoms with E-state index in [-0.39, 0.29) is 97.4 Å². The molecular formula is H14Na2O11S2. The molecule has 0 radical (unpaired) electrons. The summed E-state index contributed by atoms with van der Waals surface area (Å²) in [6.07, 6.45) is 0. The van der Waals surface area contributed by atoms with Crippen LogP contribution in [0.2, 0.25) is 0 Å². The smallest absolute Gasteiger partial charge is 0.763 e. The van der Waals surface area contributed by atoms with Gasteiger partial charge in [-0.25, -0.2) is 0 Å². The van der Waals surface area contributed by atoms with Crippen molar-refractivity contribution in [2.45, 2.75) is 0 Å². The SMILES string of the molecule is O.O.O.O.O.O.O.O=S([O-])S(=O)[O-].[Na+].[Na+]. The topological polar surface area (TPSA) is 301 Å². The van der Waals surface area contributed by atoms with Gasteiger partial charge in [-0.3, -0.25) is 8.42 Å². The van der Waals surface area contributed by atoms with Crippen molar-refractivity contribution in [1.82, 2.24) is 0 Å². The molecule has 15 heavy (non-hydrogen) atoms. The van der Waals surface area contributed by atoms with E-state index in [4.69, 9.17) is 17.5 Å². The first kappa shape index (κ1) is 89.4. The van der Waals surface area contributed by atoms with Gasteiger partial charge in [0.15, 0.2) is 0 Å². The Morgan fingerprint density at radius 2 is 0.600 bits per heavy atom. The molecule has 0 aliphatic heterocycles. The molecule has 0 saturated carbocycles. The Kier molecular flexibility index (Phi) is 336. The van der Waals surface area contributed by atoms with Crippen LogP contribution in [0.15, 0.2) is 0 Å². The maximum atomic E-state index is 9.09. The van der Waals surface area contributed by atoms with E-state index in [9.17, 15) is 0 Å². The summed E-state index contributed by atoms with van der Waals surface area (Å²) < 4.78 is 36.3. The Morgan fingerprint density at radius 1 is 0.533 bits per heavy atom. The van der Waals surface area contributed by atoms with E-state index in [0.29, 0.717) is 0 Å². The van der Waals surface area contributed by atoms with Gasteiger partial charge < -0.3 is 47.4 Å². The normalized spacial score (nSPS) is 7.87. The minimum absolute atomic E-state index is 0. The van der Waals surface area contributed by atoms with Crippen molar-refractivity contribution >= 4 is 20.2 Å². The molecule has 0 heterocycles. The zero-order chi connectivity index (χ0) is 5.15. The van der Waals surface area contributed by atoms with Crippen LogP contribution in [0.3, 0.4) is 0 Å². The van der Waals surface area contributed by atoms with Crippen LogP contribution in [0.4, 0.5) is 0 Å². The van der Waals surface area contributed by atoms with Gasteiger partial charge in [0.05, 0.1) is 0 Å². The molecule has 0 rings (SSSR count). The predicted molar refractivity (Wildman–Crippen MR) is 43.1 cm³/mol. The summed E-state index contributed by atoms with van der Waals surface area (Å²) in [7, 11) is -5.90. The van der Waals surface area contributed by atoms with E-state index in [0.717, 1.165) is 0 Å². The summed E-state index contributed by atoms with van der Waals surface area (Å²) in [6, 6.07) is 0. The van der Waals surface area contributed by atoms with Crippen molar-refractivity contribution in [3.63, 3.8) is 0 Å². The fourth-order valence-electron chi connectivity index (χ4n) is 0. The van der Waals surface area contributed by atoms with E-state index in [1.165, 1.54) is 0 Å². The van der Waals surface area contributed by atoms with Crippen molar-refractivity contribution in [1.29, 1.82) is 0 Å². The predicted octanol–water partition coefficient (Wildman–Crippen LogP) is -13.1. The molecular weight excluding hydrogens is 286 g/mol. The summed E-state index contributed by atoms with van der Waals surface area (Å²) in [5, 5.41) is 0. The molecule has 0 amide bonds. The second-order valence-electron chi connectivity index (χ2n) is 0.408. The molecule has 0 aliphatic rings. The van der Waals surface area contributed by atoms with Gasteiger partial charge >= 0.3 is 59.1 Å². The third-order valence-electron chi connectivity index (χ3n) is 0.111. The molecule has 0 aromatic heterocycles. The van der Waals surface area contributed by atoms with Crippen molar-refractivity contribution in [3.8, 4) is 0 Å². The van der Waals surface area contributed by atoms with E-state index in [1.54, 1.807) is 0 Å². The van der Waals surface area contributed by atoms with Crippen molar-refractivity contribution in [2.75, 3.05) is 0 Å². The molecule has 0 aromatic carbocycles. The van der Waals surface area contributed by atoms with Crippen molar-refractivity contribution < 1.29 is 115 Å². The fourth-order valence-corrected chi connectivity index (χ4v) is 0. The summed E-state index contributed by atoms with van der Waals surface area (Å²) >= 11 is 0. The van der Waals surface area contributed by atoms with Gasteiger partial charge in [0, 0.05) is 20.2 Å². The standard InChI is InChI=1S/2Na.H2O4S2.7H2O/c;;1-5(2)6(3)4;;;;;;;/h;;(H,1,2)(H,3,4);7*1H2/q2*+1;;;;;;;;/p-2. The minimum atomic E-state index is -2.95. The van der Waals surface area contributed by atoms with Gasteiger partial charge in [-0.2, -0.15) is 0 Å². The molecule has 94 valence electrons.